The third-order valence-electron chi connectivity index (χ3n) is 5.99. The summed E-state index contributed by atoms with van der Waals surface area (Å²) in [6.45, 7) is 7.88. The first kappa shape index (κ1) is 29.2. The molecule has 0 saturated heterocycles. The van der Waals surface area contributed by atoms with E-state index in [0.717, 1.165) is 29.7 Å². The smallest absolute Gasteiger partial charge is 0.333 e. The van der Waals surface area contributed by atoms with Crippen molar-refractivity contribution in [2.24, 2.45) is 0 Å². The molecule has 0 radical (unpaired) electrons. The summed E-state index contributed by atoms with van der Waals surface area (Å²) in [5, 5.41) is 12.3. The van der Waals surface area contributed by atoms with Crippen LogP contribution in [0.5, 0.6) is 5.75 Å². The van der Waals surface area contributed by atoms with Crippen molar-refractivity contribution >= 4 is 17.7 Å². The molecule has 0 heterocycles. The highest BCUT2D eigenvalue weighted by Gasteiger charge is 2.18. The Morgan fingerprint density at radius 1 is 0.917 bits per heavy atom. The number of hydrogen-bond acceptors (Lipinski definition) is 4. The van der Waals surface area contributed by atoms with Gasteiger partial charge in [-0.15, -0.1) is 0 Å². The maximum absolute atomic E-state index is 13.0. The van der Waals surface area contributed by atoms with Crippen LogP contribution in [0.4, 0.5) is 10.5 Å². The Bertz CT molecular complexity index is 899. The number of carboxylic acid groups (broad SMARTS) is 1. The van der Waals surface area contributed by atoms with E-state index in [2.05, 4.69) is 12.2 Å². The zero-order chi connectivity index (χ0) is 26.2. The van der Waals surface area contributed by atoms with E-state index in [0.29, 0.717) is 38.5 Å². The van der Waals surface area contributed by atoms with Crippen LogP contribution in [-0.4, -0.2) is 54.4 Å². The van der Waals surface area contributed by atoms with Crippen LogP contribution in [0.1, 0.15) is 63.5 Å². The molecular formula is C29H42N2O5. The van der Waals surface area contributed by atoms with Crippen LogP contribution in [0.15, 0.2) is 48.5 Å². The van der Waals surface area contributed by atoms with Crippen molar-refractivity contribution in [3.63, 3.8) is 0 Å². The zero-order valence-corrected chi connectivity index (χ0v) is 22.0. The number of unbranched alkanes of at least 4 members (excludes halogenated alkanes) is 5. The Morgan fingerprint density at radius 3 is 2.22 bits per heavy atom. The highest BCUT2D eigenvalue weighted by Crippen LogP contribution is 2.16. The van der Waals surface area contributed by atoms with Gasteiger partial charge in [-0.25, -0.2) is 9.59 Å². The molecule has 2 N–H and O–H groups in total. The highest BCUT2D eigenvalue weighted by atomic mass is 16.5. The predicted octanol–water partition coefficient (Wildman–Crippen LogP) is 6.30. The SMILES string of the molecule is CCCCCCCCN(CCOc1ccc(CC(OCC)C(=O)O)cc1)C(=O)Nc1ccc(C)cc1. The first-order chi connectivity index (χ1) is 17.4. The Hall–Kier alpha value is -3.06. The molecule has 0 aliphatic rings. The van der Waals surface area contributed by atoms with E-state index >= 15 is 0 Å². The number of carboxylic acids is 1. The van der Waals surface area contributed by atoms with Crippen LogP contribution in [0.3, 0.4) is 0 Å². The number of anilines is 1. The van der Waals surface area contributed by atoms with E-state index in [1.54, 1.807) is 6.92 Å². The standard InChI is InChI=1S/C29H42N2O5/c1-4-6-7-8-9-10-19-31(29(34)30-25-15-11-23(3)12-16-25)20-21-36-26-17-13-24(14-18-26)22-27(28(32)33)35-5-2/h11-18,27H,4-10,19-22H2,1-3H3,(H,30,34)(H,32,33). The van der Waals surface area contributed by atoms with Crippen LogP contribution in [0, 0.1) is 6.92 Å². The fourth-order valence-corrected chi connectivity index (χ4v) is 3.87. The molecule has 0 aromatic heterocycles. The molecule has 0 aliphatic heterocycles. The summed E-state index contributed by atoms with van der Waals surface area (Å²) in [5.74, 6) is -0.285. The van der Waals surface area contributed by atoms with Crippen molar-refractivity contribution in [2.45, 2.75) is 71.8 Å². The fourth-order valence-electron chi connectivity index (χ4n) is 3.87. The number of nitrogens with zero attached hydrogens (tertiary/aromatic N) is 1. The summed E-state index contributed by atoms with van der Waals surface area (Å²) in [6, 6.07) is 15.0. The number of aryl methyl sites for hydroxylation is 1. The monoisotopic (exact) mass is 498 g/mol. The molecule has 36 heavy (non-hydrogen) atoms. The lowest BCUT2D eigenvalue weighted by molar-refractivity contribution is -0.149. The second-order valence-electron chi connectivity index (χ2n) is 9.03. The van der Waals surface area contributed by atoms with E-state index in [-0.39, 0.29) is 6.03 Å². The largest absolute Gasteiger partial charge is 0.492 e. The van der Waals surface area contributed by atoms with Crippen LogP contribution in [-0.2, 0) is 16.0 Å². The van der Waals surface area contributed by atoms with E-state index < -0.39 is 12.1 Å². The van der Waals surface area contributed by atoms with Gasteiger partial charge in [0.05, 0.1) is 6.54 Å². The highest BCUT2D eigenvalue weighted by molar-refractivity contribution is 5.89. The van der Waals surface area contributed by atoms with Gasteiger partial charge in [-0.3, -0.25) is 0 Å². The van der Waals surface area contributed by atoms with Gasteiger partial charge in [-0.2, -0.15) is 0 Å². The molecule has 0 aliphatic carbocycles. The Balaban J connectivity index is 1.88. The summed E-state index contributed by atoms with van der Waals surface area (Å²) >= 11 is 0. The van der Waals surface area contributed by atoms with Crippen molar-refractivity contribution in [2.75, 3.05) is 31.6 Å². The topological polar surface area (TPSA) is 88.1 Å². The van der Waals surface area contributed by atoms with Gasteiger partial charge >= 0.3 is 12.0 Å². The molecule has 1 unspecified atom stereocenters. The lowest BCUT2D eigenvalue weighted by atomic mass is 10.1. The van der Waals surface area contributed by atoms with E-state index in [9.17, 15) is 14.7 Å². The number of nitrogens with one attached hydrogen (secondary N) is 1. The molecule has 7 heteroatoms. The molecule has 198 valence electrons. The maximum Gasteiger partial charge on any atom is 0.333 e. The van der Waals surface area contributed by atoms with Gasteiger partial charge in [0.2, 0.25) is 0 Å². The third-order valence-corrected chi connectivity index (χ3v) is 5.99. The Kier molecular flexibility index (Phi) is 13.4. The number of urea groups is 1. The van der Waals surface area contributed by atoms with E-state index in [4.69, 9.17) is 9.47 Å². The Morgan fingerprint density at radius 2 is 1.58 bits per heavy atom. The molecule has 2 amide bonds. The number of hydrogen-bond donors (Lipinski definition) is 2. The summed E-state index contributed by atoms with van der Waals surface area (Å²) < 4.78 is 11.2. The number of ether oxygens (including phenoxy) is 2. The summed E-state index contributed by atoms with van der Waals surface area (Å²) in [6.07, 6.45) is 6.42. The van der Waals surface area contributed by atoms with Crippen molar-refractivity contribution in [1.29, 1.82) is 0 Å². The van der Waals surface area contributed by atoms with Gasteiger partial charge in [0.25, 0.3) is 0 Å². The molecule has 0 bridgehead atoms. The lowest BCUT2D eigenvalue weighted by Crippen LogP contribution is -2.38. The quantitative estimate of drug-likeness (QED) is 0.250. The minimum Gasteiger partial charge on any atom is -0.492 e. The zero-order valence-electron chi connectivity index (χ0n) is 22.0. The molecule has 0 spiro atoms. The normalized spacial score (nSPS) is 11.6. The number of amides is 2. The van der Waals surface area contributed by atoms with Crippen LogP contribution in [0.2, 0.25) is 0 Å². The minimum atomic E-state index is -0.966. The van der Waals surface area contributed by atoms with Crippen LogP contribution in [0.25, 0.3) is 0 Å². The van der Waals surface area contributed by atoms with Gasteiger partial charge in [0.15, 0.2) is 6.10 Å². The van der Waals surface area contributed by atoms with Crippen molar-refractivity contribution in [3.8, 4) is 5.75 Å². The minimum absolute atomic E-state index is 0.123. The molecule has 2 aromatic carbocycles. The van der Waals surface area contributed by atoms with E-state index in [1.165, 1.54) is 25.7 Å². The summed E-state index contributed by atoms with van der Waals surface area (Å²) in [5.41, 5.74) is 2.79. The average molecular weight is 499 g/mol. The second kappa shape index (κ2) is 16.6. The van der Waals surface area contributed by atoms with E-state index in [1.807, 2.05) is 60.4 Å². The maximum atomic E-state index is 13.0. The van der Waals surface area contributed by atoms with Crippen molar-refractivity contribution < 1.29 is 24.2 Å². The van der Waals surface area contributed by atoms with Gasteiger partial charge in [-0.05, 0) is 50.1 Å². The molecule has 7 nitrogen and oxygen atoms in total. The van der Waals surface area contributed by atoms with Gasteiger partial charge in [-0.1, -0.05) is 68.9 Å². The number of benzene rings is 2. The van der Waals surface area contributed by atoms with Crippen LogP contribution >= 0.6 is 0 Å². The van der Waals surface area contributed by atoms with Crippen molar-refractivity contribution in [1.82, 2.24) is 4.90 Å². The summed E-state index contributed by atoms with van der Waals surface area (Å²) in [4.78, 5) is 26.1. The van der Waals surface area contributed by atoms with Crippen LogP contribution < -0.4 is 10.1 Å². The first-order valence-corrected chi connectivity index (χ1v) is 13.1. The fraction of sp³-hybridized carbons (Fsp3) is 0.517. The van der Waals surface area contributed by atoms with Crippen molar-refractivity contribution in [3.05, 3.63) is 59.7 Å². The molecule has 0 fully saturated rings. The number of aliphatic carboxylic acids is 1. The van der Waals surface area contributed by atoms with Gasteiger partial charge < -0.3 is 24.8 Å². The molecule has 2 rings (SSSR count). The number of carbonyl (C=O) groups is 2. The van der Waals surface area contributed by atoms with Gasteiger partial charge in [0, 0.05) is 25.3 Å². The second-order valence-corrected chi connectivity index (χ2v) is 9.03. The average Bonchev–Trinajstić information content (AvgIpc) is 2.87. The molecule has 0 saturated carbocycles. The first-order valence-electron chi connectivity index (χ1n) is 13.1. The summed E-state index contributed by atoms with van der Waals surface area (Å²) in [7, 11) is 0. The predicted molar refractivity (Wildman–Crippen MR) is 144 cm³/mol. The molecule has 2 aromatic rings. The Labute approximate surface area is 215 Å². The van der Waals surface area contributed by atoms with Gasteiger partial charge in [0.1, 0.15) is 12.4 Å². The third kappa shape index (κ3) is 11.1. The number of carbonyl (C=O) groups excluding carboxylic acids is 1. The lowest BCUT2D eigenvalue weighted by Gasteiger charge is -2.23. The number of rotatable bonds is 17. The molecular weight excluding hydrogens is 456 g/mol. The molecule has 1 atom stereocenters.